The van der Waals surface area contributed by atoms with Crippen LogP contribution in [0, 0.1) is 6.92 Å². The number of para-hydroxylation sites is 1. The number of aromatic nitrogens is 5. The zero-order chi connectivity index (χ0) is 17.9. The third-order valence-electron chi connectivity index (χ3n) is 3.74. The van der Waals surface area contributed by atoms with Gasteiger partial charge in [0.15, 0.2) is 0 Å². The Bertz CT molecular complexity index is 1100. The molecular formula is C19H15N5O2. The van der Waals surface area contributed by atoms with E-state index in [9.17, 15) is 4.79 Å². The van der Waals surface area contributed by atoms with Crippen LogP contribution in [0.1, 0.15) is 5.82 Å². The summed E-state index contributed by atoms with van der Waals surface area (Å²) in [5.41, 5.74) is 0.913. The van der Waals surface area contributed by atoms with Crippen molar-refractivity contribution in [2.75, 3.05) is 0 Å². The van der Waals surface area contributed by atoms with Crippen molar-refractivity contribution in [2.45, 2.75) is 6.92 Å². The lowest BCUT2D eigenvalue weighted by molar-refractivity contribution is 0.483. The van der Waals surface area contributed by atoms with Crippen molar-refractivity contribution in [3.63, 3.8) is 0 Å². The fourth-order valence-corrected chi connectivity index (χ4v) is 2.55. The molecule has 0 bridgehead atoms. The van der Waals surface area contributed by atoms with Gasteiger partial charge >= 0.3 is 0 Å². The first kappa shape index (κ1) is 15.8. The predicted octanol–water partition coefficient (Wildman–Crippen LogP) is 3.12. The van der Waals surface area contributed by atoms with Crippen LogP contribution >= 0.6 is 0 Å². The van der Waals surface area contributed by atoms with Gasteiger partial charge in [0, 0.05) is 6.20 Å². The highest BCUT2D eigenvalue weighted by Gasteiger charge is 2.12. The molecule has 128 valence electrons. The summed E-state index contributed by atoms with van der Waals surface area (Å²) in [5, 5.41) is 10.8. The van der Waals surface area contributed by atoms with Crippen LogP contribution in [0.2, 0.25) is 0 Å². The average molecular weight is 345 g/mol. The van der Waals surface area contributed by atoms with Gasteiger partial charge in [-0.1, -0.05) is 30.3 Å². The second-order valence-electron chi connectivity index (χ2n) is 5.63. The number of hydrogen-bond donors (Lipinski definition) is 1. The minimum atomic E-state index is -0.302. The van der Waals surface area contributed by atoms with Crippen LogP contribution < -0.4 is 10.3 Å². The van der Waals surface area contributed by atoms with Crippen LogP contribution in [-0.4, -0.2) is 25.0 Å². The summed E-state index contributed by atoms with van der Waals surface area (Å²) in [5.74, 6) is 2.20. The molecule has 0 aliphatic carbocycles. The first-order valence-electron chi connectivity index (χ1n) is 8.02. The molecule has 7 nitrogen and oxygen atoms in total. The quantitative estimate of drug-likeness (QED) is 0.614. The normalized spacial score (nSPS) is 10.7. The second kappa shape index (κ2) is 6.64. The highest BCUT2D eigenvalue weighted by Crippen LogP contribution is 2.25. The summed E-state index contributed by atoms with van der Waals surface area (Å²) in [6.45, 7) is 1.76. The van der Waals surface area contributed by atoms with Gasteiger partial charge in [-0.15, -0.1) is 5.10 Å². The van der Waals surface area contributed by atoms with E-state index in [1.54, 1.807) is 19.2 Å². The lowest BCUT2D eigenvalue weighted by Crippen LogP contribution is -2.23. The van der Waals surface area contributed by atoms with Crippen molar-refractivity contribution in [3.05, 3.63) is 83.0 Å². The number of nitrogens with zero attached hydrogens (tertiary/aromatic N) is 4. The van der Waals surface area contributed by atoms with Crippen LogP contribution in [0.3, 0.4) is 0 Å². The molecule has 0 amide bonds. The smallest absolute Gasteiger partial charge is 0.282 e. The molecule has 0 atom stereocenters. The standard InChI is InChI=1S/C19H15N5O2/c1-13-21-19(23-22-13)24-18(25)17(10-11-20-24)14-6-5-9-16(12-14)26-15-7-3-2-4-8-15/h2-12H,1H3,(H,21,22,23). The monoisotopic (exact) mass is 345 g/mol. The molecule has 2 aromatic carbocycles. The summed E-state index contributed by atoms with van der Waals surface area (Å²) < 4.78 is 7.01. The molecule has 0 aliphatic heterocycles. The molecule has 4 aromatic rings. The van der Waals surface area contributed by atoms with Crippen molar-refractivity contribution in [3.8, 4) is 28.6 Å². The highest BCUT2D eigenvalue weighted by atomic mass is 16.5. The van der Waals surface area contributed by atoms with Gasteiger partial charge in [-0.2, -0.15) is 14.8 Å². The molecular weight excluding hydrogens is 330 g/mol. The Morgan fingerprint density at radius 2 is 1.81 bits per heavy atom. The molecule has 0 spiro atoms. The van der Waals surface area contributed by atoms with Crippen LogP contribution in [0.25, 0.3) is 17.1 Å². The molecule has 2 heterocycles. The molecule has 2 aromatic heterocycles. The van der Waals surface area contributed by atoms with Gasteiger partial charge in [0.1, 0.15) is 17.3 Å². The van der Waals surface area contributed by atoms with Crippen molar-refractivity contribution >= 4 is 0 Å². The molecule has 0 saturated heterocycles. The van der Waals surface area contributed by atoms with Gasteiger partial charge in [0.05, 0.1) is 5.56 Å². The Hall–Kier alpha value is -3.74. The summed E-state index contributed by atoms with van der Waals surface area (Å²) in [7, 11) is 0. The Morgan fingerprint density at radius 1 is 1.00 bits per heavy atom. The molecule has 26 heavy (non-hydrogen) atoms. The zero-order valence-electron chi connectivity index (χ0n) is 14.0. The van der Waals surface area contributed by atoms with Gasteiger partial charge in [-0.05, 0) is 42.8 Å². The number of ether oxygens (including phenoxy) is 1. The lowest BCUT2D eigenvalue weighted by atomic mass is 10.1. The Morgan fingerprint density at radius 3 is 2.58 bits per heavy atom. The van der Waals surface area contributed by atoms with E-state index in [-0.39, 0.29) is 11.5 Å². The van der Waals surface area contributed by atoms with Crippen molar-refractivity contribution in [1.29, 1.82) is 0 Å². The Kier molecular flexibility index (Phi) is 4.03. The summed E-state index contributed by atoms with van der Waals surface area (Å²) in [6.07, 6.45) is 1.55. The molecule has 0 radical (unpaired) electrons. The zero-order valence-corrected chi connectivity index (χ0v) is 14.0. The molecule has 0 saturated carbocycles. The van der Waals surface area contributed by atoms with E-state index in [0.717, 1.165) is 11.3 Å². The number of aromatic amines is 1. The van der Waals surface area contributed by atoms with E-state index in [1.165, 1.54) is 4.68 Å². The fraction of sp³-hybridized carbons (Fsp3) is 0.0526. The van der Waals surface area contributed by atoms with Crippen molar-refractivity contribution in [1.82, 2.24) is 25.0 Å². The van der Waals surface area contributed by atoms with E-state index in [2.05, 4.69) is 20.3 Å². The highest BCUT2D eigenvalue weighted by molar-refractivity contribution is 5.64. The van der Waals surface area contributed by atoms with Crippen LogP contribution in [0.4, 0.5) is 0 Å². The fourth-order valence-electron chi connectivity index (χ4n) is 2.55. The summed E-state index contributed by atoms with van der Waals surface area (Å²) >= 11 is 0. The first-order chi connectivity index (χ1) is 12.7. The molecule has 4 rings (SSSR count). The molecule has 7 heteroatoms. The maximum absolute atomic E-state index is 12.8. The third-order valence-corrected chi connectivity index (χ3v) is 3.74. The largest absolute Gasteiger partial charge is 0.457 e. The summed E-state index contributed by atoms with van der Waals surface area (Å²) in [4.78, 5) is 17.0. The van der Waals surface area contributed by atoms with E-state index in [4.69, 9.17) is 4.74 Å². The number of H-pyrrole nitrogens is 1. The second-order valence-corrected chi connectivity index (χ2v) is 5.63. The molecule has 0 aliphatic rings. The molecule has 1 N–H and O–H groups in total. The minimum Gasteiger partial charge on any atom is -0.457 e. The van der Waals surface area contributed by atoms with E-state index in [0.29, 0.717) is 17.1 Å². The molecule has 0 fully saturated rings. The molecule has 0 unspecified atom stereocenters. The van der Waals surface area contributed by atoms with Gasteiger partial charge in [-0.25, -0.2) is 0 Å². The van der Waals surface area contributed by atoms with Crippen LogP contribution in [0.15, 0.2) is 71.7 Å². The van der Waals surface area contributed by atoms with Gasteiger partial charge < -0.3 is 4.74 Å². The third kappa shape index (κ3) is 3.10. The van der Waals surface area contributed by atoms with Gasteiger partial charge in [0.25, 0.3) is 11.5 Å². The van der Waals surface area contributed by atoms with Gasteiger partial charge in [-0.3, -0.25) is 9.89 Å². The van der Waals surface area contributed by atoms with Gasteiger partial charge in [0.2, 0.25) is 0 Å². The van der Waals surface area contributed by atoms with E-state index in [1.807, 2.05) is 54.6 Å². The topological polar surface area (TPSA) is 85.7 Å². The van der Waals surface area contributed by atoms with Crippen LogP contribution in [-0.2, 0) is 0 Å². The lowest BCUT2D eigenvalue weighted by Gasteiger charge is -2.08. The number of nitrogens with one attached hydrogen (secondary N) is 1. The number of rotatable bonds is 4. The van der Waals surface area contributed by atoms with E-state index < -0.39 is 0 Å². The van der Waals surface area contributed by atoms with Crippen molar-refractivity contribution < 1.29 is 4.74 Å². The number of aryl methyl sites for hydroxylation is 1. The predicted molar refractivity (Wildman–Crippen MR) is 96.5 cm³/mol. The Labute approximate surface area is 148 Å². The Balaban J connectivity index is 1.72. The number of benzene rings is 2. The SMILES string of the molecule is Cc1nc(-n2nccc(-c3cccc(Oc4ccccc4)c3)c2=O)n[nH]1. The van der Waals surface area contributed by atoms with E-state index >= 15 is 0 Å². The maximum atomic E-state index is 12.8. The maximum Gasteiger partial charge on any atom is 0.282 e. The minimum absolute atomic E-state index is 0.214. The number of hydrogen-bond acceptors (Lipinski definition) is 5. The van der Waals surface area contributed by atoms with Crippen molar-refractivity contribution in [2.24, 2.45) is 0 Å². The average Bonchev–Trinajstić information content (AvgIpc) is 3.09. The summed E-state index contributed by atoms with van der Waals surface area (Å²) in [6, 6.07) is 18.5. The first-order valence-corrected chi connectivity index (χ1v) is 8.02. The van der Waals surface area contributed by atoms with Crippen LogP contribution in [0.5, 0.6) is 11.5 Å².